The van der Waals surface area contributed by atoms with E-state index < -0.39 is 28.9 Å². The third-order valence-electron chi connectivity index (χ3n) is 4.08. The van der Waals surface area contributed by atoms with E-state index in [0.717, 1.165) is 25.7 Å². The molecule has 3 amide bonds. The average molecular weight is 299 g/mol. The first-order chi connectivity index (χ1) is 9.69. The Bertz CT molecular complexity index is 412. The van der Waals surface area contributed by atoms with Crippen molar-refractivity contribution >= 4 is 17.9 Å². The van der Waals surface area contributed by atoms with Crippen molar-refractivity contribution in [3.8, 4) is 0 Å². The highest BCUT2D eigenvalue weighted by atomic mass is 16.4. The first-order valence-corrected chi connectivity index (χ1v) is 7.29. The molecule has 0 spiro atoms. The van der Waals surface area contributed by atoms with Crippen LogP contribution in [-0.2, 0) is 9.59 Å². The van der Waals surface area contributed by atoms with E-state index in [-0.39, 0.29) is 6.54 Å². The molecule has 0 aromatic heterocycles. The van der Waals surface area contributed by atoms with Gasteiger partial charge in [0.25, 0.3) is 0 Å². The van der Waals surface area contributed by atoms with Gasteiger partial charge in [0.15, 0.2) is 0 Å². The smallest absolute Gasteiger partial charge is 0.329 e. The summed E-state index contributed by atoms with van der Waals surface area (Å²) < 4.78 is 0. The van der Waals surface area contributed by atoms with Crippen LogP contribution in [0.4, 0.5) is 4.79 Å². The van der Waals surface area contributed by atoms with Gasteiger partial charge in [-0.25, -0.2) is 9.59 Å². The van der Waals surface area contributed by atoms with Crippen molar-refractivity contribution in [2.75, 3.05) is 6.54 Å². The minimum atomic E-state index is -1.21. The highest BCUT2D eigenvalue weighted by molar-refractivity contribution is 5.87. The number of carboxylic acid groups (broad SMARTS) is 1. The van der Waals surface area contributed by atoms with Crippen molar-refractivity contribution in [1.29, 1.82) is 0 Å². The monoisotopic (exact) mass is 299 g/mol. The van der Waals surface area contributed by atoms with E-state index in [1.807, 2.05) is 0 Å². The first kappa shape index (κ1) is 17.3. The molecule has 7 nitrogen and oxygen atoms in total. The Morgan fingerprint density at radius 3 is 2.10 bits per heavy atom. The second kappa shape index (κ2) is 6.78. The summed E-state index contributed by atoms with van der Waals surface area (Å²) in [6, 6.07) is -0.575. The van der Waals surface area contributed by atoms with Gasteiger partial charge in [0.05, 0.1) is 5.41 Å². The first-order valence-electron chi connectivity index (χ1n) is 7.29. The number of aliphatic carboxylic acids is 1. The number of rotatable bonds is 5. The largest absolute Gasteiger partial charge is 0.480 e. The maximum absolute atomic E-state index is 12.0. The lowest BCUT2D eigenvalue weighted by Gasteiger charge is -2.30. The lowest BCUT2D eigenvalue weighted by Crippen LogP contribution is -2.58. The number of carbonyl (C=O) groups is 3. The molecule has 0 bridgehead atoms. The van der Waals surface area contributed by atoms with Gasteiger partial charge in [-0.2, -0.15) is 0 Å². The molecular formula is C14H25N3O4. The summed E-state index contributed by atoms with van der Waals surface area (Å²) in [4.78, 5) is 34.7. The Morgan fingerprint density at radius 1 is 1.14 bits per heavy atom. The lowest BCUT2D eigenvalue weighted by atomic mass is 9.90. The topological polar surface area (TPSA) is 122 Å². The van der Waals surface area contributed by atoms with E-state index in [4.69, 9.17) is 5.73 Å². The van der Waals surface area contributed by atoms with Crippen LogP contribution in [0.2, 0.25) is 0 Å². The van der Waals surface area contributed by atoms with Gasteiger partial charge in [-0.15, -0.1) is 0 Å². The number of nitrogens with one attached hydrogen (secondary N) is 2. The molecule has 0 aromatic carbocycles. The minimum Gasteiger partial charge on any atom is -0.480 e. The molecular weight excluding hydrogens is 274 g/mol. The third kappa shape index (κ3) is 4.61. The molecule has 1 aliphatic rings. The van der Waals surface area contributed by atoms with Gasteiger partial charge >= 0.3 is 12.0 Å². The van der Waals surface area contributed by atoms with Gasteiger partial charge in [-0.05, 0) is 26.7 Å². The van der Waals surface area contributed by atoms with Crippen LogP contribution in [0.25, 0.3) is 0 Å². The number of hydrogen-bond acceptors (Lipinski definition) is 3. The molecule has 0 radical (unpaired) electrons. The van der Waals surface area contributed by atoms with Crippen molar-refractivity contribution in [2.45, 2.75) is 57.9 Å². The van der Waals surface area contributed by atoms with E-state index in [0.29, 0.717) is 12.8 Å². The molecule has 0 aliphatic heterocycles. The fraction of sp³-hybridized carbons (Fsp3) is 0.786. The van der Waals surface area contributed by atoms with Crippen LogP contribution in [0.15, 0.2) is 0 Å². The van der Waals surface area contributed by atoms with E-state index in [9.17, 15) is 19.5 Å². The Balaban J connectivity index is 2.65. The van der Waals surface area contributed by atoms with Crippen LogP contribution in [0.1, 0.15) is 52.4 Å². The number of nitrogens with two attached hydrogens (primary N) is 1. The molecule has 1 rings (SSSR count). The summed E-state index contributed by atoms with van der Waals surface area (Å²) >= 11 is 0. The van der Waals surface area contributed by atoms with Crippen molar-refractivity contribution in [3.63, 3.8) is 0 Å². The highest BCUT2D eigenvalue weighted by Crippen LogP contribution is 2.27. The summed E-state index contributed by atoms with van der Waals surface area (Å²) in [7, 11) is 0. The van der Waals surface area contributed by atoms with Gasteiger partial charge in [-0.1, -0.05) is 25.7 Å². The van der Waals surface area contributed by atoms with E-state index >= 15 is 0 Å². The number of carboxylic acids is 1. The van der Waals surface area contributed by atoms with Crippen molar-refractivity contribution in [3.05, 3.63) is 0 Å². The zero-order valence-electron chi connectivity index (χ0n) is 12.7. The zero-order chi connectivity index (χ0) is 16.1. The number of carbonyl (C=O) groups excluding carboxylic acids is 2. The second-order valence-corrected chi connectivity index (χ2v) is 6.36. The molecule has 120 valence electrons. The minimum absolute atomic E-state index is 0.0594. The van der Waals surface area contributed by atoms with Gasteiger partial charge < -0.3 is 21.5 Å². The molecule has 0 aromatic rings. The fourth-order valence-electron chi connectivity index (χ4n) is 2.37. The van der Waals surface area contributed by atoms with Crippen molar-refractivity contribution in [1.82, 2.24) is 10.6 Å². The number of primary amides is 1. The van der Waals surface area contributed by atoms with Gasteiger partial charge in [0.2, 0.25) is 5.91 Å². The maximum Gasteiger partial charge on any atom is 0.329 e. The Morgan fingerprint density at radius 2 is 1.67 bits per heavy atom. The van der Waals surface area contributed by atoms with Crippen LogP contribution in [0.5, 0.6) is 0 Å². The number of urea groups is 1. The summed E-state index contributed by atoms with van der Waals surface area (Å²) in [6.45, 7) is 3.30. The molecule has 7 heteroatoms. The maximum atomic E-state index is 12.0. The van der Waals surface area contributed by atoms with Crippen LogP contribution < -0.4 is 16.4 Å². The SMILES string of the molecule is CC(C)(CNC(=O)NC1(C(=O)O)CCCCCC1)C(N)=O. The number of hydrogen-bond donors (Lipinski definition) is 4. The molecule has 1 fully saturated rings. The molecule has 21 heavy (non-hydrogen) atoms. The average Bonchev–Trinajstić information content (AvgIpc) is 2.63. The predicted octanol–water partition coefficient (Wildman–Crippen LogP) is 0.975. The molecule has 0 heterocycles. The fourth-order valence-corrected chi connectivity index (χ4v) is 2.37. The van der Waals surface area contributed by atoms with Crippen LogP contribution >= 0.6 is 0 Å². The van der Waals surface area contributed by atoms with Crippen molar-refractivity contribution < 1.29 is 19.5 Å². The number of amides is 3. The summed E-state index contributed by atoms with van der Waals surface area (Å²) in [6.07, 6.45) is 4.36. The van der Waals surface area contributed by atoms with Gasteiger partial charge in [-0.3, -0.25) is 4.79 Å². The normalized spacial score (nSPS) is 18.4. The standard InChI is InChI=1S/C14H25N3O4/c1-13(2,10(15)18)9-16-12(21)17-14(11(19)20)7-5-3-4-6-8-14/h3-9H2,1-2H3,(H2,15,18)(H,19,20)(H2,16,17,21). The van der Waals surface area contributed by atoms with E-state index in [1.165, 1.54) is 0 Å². The van der Waals surface area contributed by atoms with Crippen LogP contribution in [-0.4, -0.2) is 35.1 Å². The molecule has 0 atom stereocenters. The molecule has 1 aliphatic carbocycles. The predicted molar refractivity (Wildman–Crippen MR) is 77.6 cm³/mol. The quantitative estimate of drug-likeness (QED) is 0.565. The Kier molecular flexibility index (Phi) is 5.57. The second-order valence-electron chi connectivity index (χ2n) is 6.36. The summed E-state index contributed by atoms with van der Waals surface area (Å²) in [5, 5.41) is 14.6. The zero-order valence-corrected chi connectivity index (χ0v) is 12.7. The van der Waals surface area contributed by atoms with E-state index in [2.05, 4.69) is 10.6 Å². The summed E-state index contributed by atoms with van der Waals surface area (Å²) in [5.41, 5.74) is 3.14. The lowest BCUT2D eigenvalue weighted by molar-refractivity contribution is -0.145. The van der Waals surface area contributed by atoms with Crippen molar-refractivity contribution in [2.24, 2.45) is 11.1 Å². The van der Waals surface area contributed by atoms with Gasteiger partial charge in [0.1, 0.15) is 5.54 Å². The molecule has 1 saturated carbocycles. The molecule has 0 saturated heterocycles. The highest BCUT2D eigenvalue weighted by Gasteiger charge is 2.40. The van der Waals surface area contributed by atoms with Gasteiger partial charge in [0, 0.05) is 6.54 Å². The van der Waals surface area contributed by atoms with E-state index in [1.54, 1.807) is 13.8 Å². The Hall–Kier alpha value is -1.79. The summed E-state index contributed by atoms with van der Waals surface area (Å²) in [5.74, 6) is -1.53. The van der Waals surface area contributed by atoms with Crippen LogP contribution in [0.3, 0.4) is 0 Å². The molecule has 5 N–H and O–H groups in total. The van der Waals surface area contributed by atoms with Crippen LogP contribution in [0, 0.1) is 5.41 Å². The third-order valence-corrected chi connectivity index (χ3v) is 4.08. The molecule has 0 unspecified atom stereocenters. The Labute approximate surface area is 124 Å².